The van der Waals surface area contributed by atoms with Crippen LogP contribution in [0.2, 0.25) is 0 Å². The van der Waals surface area contributed by atoms with E-state index in [0.29, 0.717) is 28.1 Å². The summed E-state index contributed by atoms with van der Waals surface area (Å²) in [7, 11) is 1.33. The molecule has 1 unspecified atom stereocenters. The van der Waals surface area contributed by atoms with Gasteiger partial charge in [-0.15, -0.1) is 21.5 Å². The fourth-order valence-corrected chi connectivity index (χ4v) is 5.60. The highest BCUT2D eigenvalue weighted by Crippen LogP contribution is 2.36. The molecule has 1 atom stereocenters. The molecule has 2 aromatic heterocycles. The third-order valence-electron chi connectivity index (χ3n) is 5.67. The van der Waals surface area contributed by atoms with Crippen molar-refractivity contribution in [3.8, 4) is 16.9 Å². The molecule has 4 aromatic rings. The van der Waals surface area contributed by atoms with Crippen LogP contribution in [0.1, 0.15) is 41.7 Å². The van der Waals surface area contributed by atoms with E-state index in [2.05, 4.69) is 15.5 Å². The number of amides is 1. The highest BCUT2D eigenvalue weighted by Gasteiger charge is 2.23. The molecule has 0 fully saturated rings. The average Bonchev–Trinajstić information content (AvgIpc) is 3.52. The summed E-state index contributed by atoms with van der Waals surface area (Å²) in [6, 6.07) is 17.3. The summed E-state index contributed by atoms with van der Waals surface area (Å²) >= 11 is 2.57. The Kier molecular flexibility index (Phi) is 8.62. The van der Waals surface area contributed by atoms with E-state index in [-0.39, 0.29) is 17.8 Å². The van der Waals surface area contributed by atoms with Gasteiger partial charge in [-0.1, -0.05) is 60.3 Å². The number of thiophene rings is 1. The van der Waals surface area contributed by atoms with Crippen LogP contribution < -0.4 is 10.1 Å². The minimum absolute atomic E-state index is 0.102. The minimum Gasteiger partial charge on any atom is -0.482 e. The number of ether oxygens (including phenoxy) is 2. The Balaban J connectivity index is 1.45. The van der Waals surface area contributed by atoms with E-state index in [1.807, 2.05) is 85.3 Å². The number of esters is 1. The van der Waals surface area contributed by atoms with Gasteiger partial charge in [0, 0.05) is 17.5 Å². The van der Waals surface area contributed by atoms with Crippen LogP contribution in [0.4, 0.5) is 5.00 Å². The Morgan fingerprint density at radius 1 is 1.11 bits per heavy atom. The lowest BCUT2D eigenvalue weighted by Crippen LogP contribution is -2.17. The first-order valence-corrected chi connectivity index (χ1v) is 13.6. The maximum Gasteiger partial charge on any atom is 0.341 e. The van der Waals surface area contributed by atoms with Crippen molar-refractivity contribution in [2.45, 2.75) is 38.6 Å². The molecule has 4 rings (SSSR count). The van der Waals surface area contributed by atoms with Gasteiger partial charge < -0.3 is 19.4 Å². The number of hydrogen-bond donors (Lipinski definition) is 1. The number of rotatable bonds is 10. The quantitative estimate of drug-likeness (QED) is 0.196. The maximum atomic E-state index is 12.9. The number of carbonyl (C=O) groups is 2. The van der Waals surface area contributed by atoms with Crippen LogP contribution in [-0.2, 0) is 16.1 Å². The van der Waals surface area contributed by atoms with Crippen LogP contribution in [0.25, 0.3) is 11.1 Å². The molecule has 1 amide bonds. The third kappa shape index (κ3) is 6.03. The molecule has 37 heavy (non-hydrogen) atoms. The lowest BCUT2D eigenvalue weighted by molar-refractivity contribution is -0.113. The van der Waals surface area contributed by atoms with Crippen LogP contribution in [0, 0.1) is 6.92 Å². The topological polar surface area (TPSA) is 95.3 Å². The standard InChI is InChI=1S/C27H28N4O4S2/c1-5-31-24(18(3)35-21-14-10-9-11-17(21)2)29-30-27(31)37-16-22(32)28-25-23(26(33)34-4)20(15-36-25)19-12-7-6-8-13-19/h6-15,18H,5,16H2,1-4H3,(H,28,32). The number of thioether (sulfide) groups is 1. The van der Waals surface area contributed by atoms with Gasteiger partial charge in [0.1, 0.15) is 16.3 Å². The molecule has 8 nitrogen and oxygen atoms in total. The van der Waals surface area contributed by atoms with Crippen molar-refractivity contribution < 1.29 is 19.1 Å². The van der Waals surface area contributed by atoms with E-state index in [1.165, 1.54) is 30.2 Å². The van der Waals surface area contributed by atoms with Crippen molar-refractivity contribution in [3.05, 3.63) is 76.9 Å². The Morgan fingerprint density at radius 2 is 1.84 bits per heavy atom. The SMILES string of the molecule is CCn1c(SCC(=O)Nc2scc(-c3ccccc3)c2C(=O)OC)nnc1C(C)Oc1ccccc1C. The molecule has 192 valence electrons. The summed E-state index contributed by atoms with van der Waals surface area (Å²) in [5.74, 6) is 0.826. The fraction of sp³-hybridized carbons (Fsp3) is 0.259. The highest BCUT2D eigenvalue weighted by atomic mass is 32.2. The predicted octanol–water partition coefficient (Wildman–Crippen LogP) is 5.99. The number of para-hydroxylation sites is 1. The smallest absolute Gasteiger partial charge is 0.341 e. The second-order valence-electron chi connectivity index (χ2n) is 8.16. The molecular formula is C27H28N4O4S2. The first-order valence-electron chi connectivity index (χ1n) is 11.8. The van der Waals surface area contributed by atoms with Gasteiger partial charge in [0.05, 0.1) is 12.9 Å². The summed E-state index contributed by atoms with van der Waals surface area (Å²) < 4.78 is 13.1. The molecule has 0 aliphatic carbocycles. The Hall–Kier alpha value is -3.63. The van der Waals surface area contributed by atoms with Crippen molar-refractivity contribution in [1.29, 1.82) is 0 Å². The molecular weight excluding hydrogens is 508 g/mol. The fourth-order valence-electron chi connectivity index (χ4n) is 3.81. The van der Waals surface area contributed by atoms with Gasteiger partial charge in [0.2, 0.25) is 5.91 Å². The van der Waals surface area contributed by atoms with Crippen molar-refractivity contribution >= 4 is 40.0 Å². The van der Waals surface area contributed by atoms with E-state index in [0.717, 1.165) is 22.4 Å². The normalized spacial score (nSPS) is 11.7. The Bertz CT molecular complexity index is 1380. The summed E-state index contributed by atoms with van der Waals surface area (Å²) in [5.41, 5.74) is 2.98. The van der Waals surface area contributed by atoms with Gasteiger partial charge in [0.25, 0.3) is 0 Å². The predicted molar refractivity (Wildman–Crippen MR) is 146 cm³/mol. The monoisotopic (exact) mass is 536 g/mol. The summed E-state index contributed by atoms with van der Waals surface area (Å²) in [4.78, 5) is 25.4. The molecule has 0 aliphatic heterocycles. The first-order chi connectivity index (χ1) is 17.9. The number of nitrogens with zero attached hydrogens (tertiary/aromatic N) is 3. The molecule has 10 heteroatoms. The molecule has 0 saturated heterocycles. The molecule has 2 aromatic carbocycles. The zero-order valence-electron chi connectivity index (χ0n) is 21.1. The van der Waals surface area contributed by atoms with Crippen LogP contribution in [-0.4, -0.2) is 39.5 Å². The molecule has 0 radical (unpaired) electrons. The number of aryl methyl sites for hydroxylation is 1. The van der Waals surface area contributed by atoms with Gasteiger partial charge in [-0.3, -0.25) is 4.79 Å². The number of aromatic nitrogens is 3. The molecule has 2 heterocycles. The summed E-state index contributed by atoms with van der Waals surface area (Å²) in [6.45, 7) is 6.55. The number of carbonyl (C=O) groups excluding carboxylic acids is 2. The molecule has 0 saturated carbocycles. The lowest BCUT2D eigenvalue weighted by Gasteiger charge is -2.17. The van der Waals surface area contributed by atoms with Crippen LogP contribution >= 0.6 is 23.1 Å². The summed E-state index contributed by atoms with van der Waals surface area (Å²) in [5, 5.41) is 14.4. The number of anilines is 1. The third-order valence-corrected chi connectivity index (χ3v) is 7.54. The number of methoxy groups -OCH3 is 1. The van der Waals surface area contributed by atoms with E-state index in [1.54, 1.807) is 0 Å². The van der Waals surface area contributed by atoms with Gasteiger partial charge in [-0.2, -0.15) is 0 Å². The van der Waals surface area contributed by atoms with Crippen molar-refractivity contribution in [1.82, 2.24) is 14.8 Å². The second-order valence-corrected chi connectivity index (χ2v) is 9.98. The zero-order valence-corrected chi connectivity index (χ0v) is 22.7. The zero-order chi connectivity index (χ0) is 26.4. The van der Waals surface area contributed by atoms with Gasteiger partial charge >= 0.3 is 5.97 Å². The van der Waals surface area contributed by atoms with E-state index < -0.39 is 5.97 Å². The van der Waals surface area contributed by atoms with Crippen molar-refractivity contribution in [3.63, 3.8) is 0 Å². The Morgan fingerprint density at radius 3 is 2.54 bits per heavy atom. The van der Waals surface area contributed by atoms with Gasteiger partial charge in [-0.05, 0) is 38.0 Å². The average molecular weight is 537 g/mol. The molecule has 0 spiro atoms. The van der Waals surface area contributed by atoms with Crippen LogP contribution in [0.15, 0.2) is 65.1 Å². The van der Waals surface area contributed by atoms with Crippen molar-refractivity contribution in [2.75, 3.05) is 18.2 Å². The summed E-state index contributed by atoms with van der Waals surface area (Å²) in [6.07, 6.45) is -0.318. The number of hydrogen-bond acceptors (Lipinski definition) is 8. The molecule has 1 N–H and O–H groups in total. The maximum absolute atomic E-state index is 12.9. The van der Waals surface area contributed by atoms with Crippen molar-refractivity contribution in [2.24, 2.45) is 0 Å². The van der Waals surface area contributed by atoms with E-state index in [9.17, 15) is 9.59 Å². The van der Waals surface area contributed by atoms with E-state index >= 15 is 0 Å². The van der Waals surface area contributed by atoms with Gasteiger partial charge in [-0.25, -0.2) is 4.79 Å². The number of benzene rings is 2. The minimum atomic E-state index is -0.499. The Labute approximate surface area is 224 Å². The highest BCUT2D eigenvalue weighted by molar-refractivity contribution is 7.99. The lowest BCUT2D eigenvalue weighted by atomic mass is 10.0. The molecule has 0 aliphatic rings. The van der Waals surface area contributed by atoms with Crippen LogP contribution in [0.5, 0.6) is 5.75 Å². The largest absolute Gasteiger partial charge is 0.482 e. The second kappa shape index (κ2) is 12.1. The number of nitrogens with one attached hydrogen (secondary N) is 1. The van der Waals surface area contributed by atoms with E-state index in [4.69, 9.17) is 9.47 Å². The first kappa shape index (κ1) is 26.4. The van der Waals surface area contributed by atoms with Crippen LogP contribution in [0.3, 0.4) is 0 Å². The van der Waals surface area contributed by atoms with Gasteiger partial charge in [0.15, 0.2) is 17.1 Å². The molecule has 0 bridgehead atoms.